The van der Waals surface area contributed by atoms with Gasteiger partial charge in [-0.2, -0.15) is 0 Å². The summed E-state index contributed by atoms with van der Waals surface area (Å²) in [6, 6.07) is 14.7. The highest BCUT2D eigenvalue weighted by Crippen LogP contribution is 2.19. The van der Waals surface area contributed by atoms with Gasteiger partial charge in [0.2, 0.25) is 15.9 Å². The first-order chi connectivity index (χ1) is 12.3. The fraction of sp³-hybridized carbons (Fsp3) is 0.316. The minimum absolute atomic E-state index is 0.119. The fourth-order valence-electron chi connectivity index (χ4n) is 2.62. The molecule has 0 saturated heterocycles. The third-order valence-electron chi connectivity index (χ3n) is 3.96. The third-order valence-corrected chi connectivity index (χ3v) is 5.15. The van der Waals surface area contributed by atoms with Crippen molar-refractivity contribution in [3.8, 4) is 0 Å². The molecule has 2 aromatic carbocycles. The van der Waals surface area contributed by atoms with Crippen molar-refractivity contribution in [3.05, 3.63) is 66.0 Å². The van der Waals surface area contributed by atoms with Crippen LogP contribution in [0.25, 0.3) is 0 Å². The first-order valence-electron chi connectivity index (χ1n) is 8.35. The number of carbonyl (C=O) groups excluding carboxylic acids is 1. The van der Waals surface area contributed by atoms with Crippen LogP contribution in [0.5, 0.6) is 0 Å². The Morgan fingerprint density at radius 2 is 1.73 bits per heavy atom. The number of amides is 1. The van der Waals surface area contributed by atoms with E-state index in [1.54, 1.807) is 0 Å². The number of halogens is 1. The van der Waals surface area contributed by atoms with Crippen LogP contribution in [0.3, 0.4) is 0 Å². The highest BCUT2D eigenvalue weighted by molar-refractivity contribution is 7.92. The Balaban J connectivity index is 1.91. The Labute approximate surface area is 153 Å². The van der Waals surface area contributed by atoms with Crippen molar-refractivity contribution < 1.29 is 17.6 Å². The lowest BCUT2D eigenvalue weighted by atomic mass is 10.1. The molecule has 2 rings (SSSR count). The minimum atomic E-state index is -3.52. The van der Waals surface area contributed by atoms with Gasteiger partial charge in [-0.1, -0.05) is 30.3 Å². The lowest BCUT2D eigenvalue weighted by Gasteiger charge is -2.22. The molecule has 0 fully saturated rings. The molecule has 0 aliphatic heterocycles. The quantitative estimate of drug-likeness (QED) is 0.767. The van der Waals surface area contributed by atoms with Gasteiger partial charge in [-0.05, 0) is 43.2 Å². The lowest BCUT2D eigenvalue weighted by Crippen LogP contribution is -2.32. The molecule has 140 valence electrons. The summed E-state index contributed by atoms with van der Waals surface area (Å²) in [7, 11) is -3.52. The Morgan fingerprint density at radius 1 is 1.12 bits per heavy atom. The van der Waals surface area contributed by atoms with E-state index in [1.165, 1.54) is 28.6 Å². The summed E-state index contributed by atoms with van der Waals surface area (Å²) in [6.07, 6.45) is 1.65. The molecular formula is C19H23FN2O3S. The zero-order valence-corrected chi connectivity index (χ0v) is 15.7. The Bertz CT molecular complexity index is 824. The summed E-state index contributed by atoms with van der Waals surface area (Å²) in [6.45, 7) is 2.05. The van der Waals surface area contributed by atoms with Crippen LogP contribution in [0.2, 0.25) is 0 Å². The van der Waals surface area contributed by atoms with Crippen LogP contribution in [0.15, 0.2) is 54.6 Å². The van der Waals surface area contributed by atoms with Gasteiger partial charge < -0.3 is 5.32 Å². The van der Waals surface area contributed by atoms with Crippen molar-refractivity contribution in [3.63, 3.8) is 0 Å². The number of sulfonamides is 1. The molecule has 1 amide bonds. The summed E-state index contributed by atoms with van der Waals surface area (Å²) < 4.78 is 38.2. The Kier molecular flexibility index (Phi) is 6.74. The average molecular weight is 378 g/mol. The lowest BCUT2D eigenvalue weighted by molar-refractivity contribution is -0.121. The monoisotopic (exact) mass is 378 g/mol. The molecule has 26 heavy (non-hydrogen) atoms. The van der Waals surface area contributed by atoms with Gasteiger partial charge in [0.05, 0.1) is 18.0 Å². The number of anilines is 1. The molecule has 0 aromatic heterocycles. The topological polar surface area (TPSA) is 66.5 Å². The van der Waals surface area contributed by atoms with Crippen molar-refractivity contribution >= 4 is 21.6 Å². The molecule has 0 heterocycles. The number of rotatable bonds is 8. The van der Waals surface area contributed by atoms with Crippen LogP contribution in [0, 0.1) is 5.82 Å². The van der Waals surface area contributed by atoms with E-state index in [1.807, 2.05) is 37.3 Å². The standard InChI is InChI=1S/C19H23FN2O3S/c1-15(16-7-4-3-5-8-16)21-19(23)9-6-14-22(26(2,24)25)18-12-10-17(20)11-13-18/h3-5,7-8,10-13,15H,6,9,14H2,1-2H3,(H,21,23). The van der Waals surface area contributed by atoms with Gasteiger partial charge in [0.1, 0.15) is 5.82 Å². The van der Waals surface area contributed by atoms with E-state index in [-0.39, 0.29) is 24.9 Å². The van der Waals surface area contributed by atoms with E-state index in [4.69, 9.17) is 0 Å². The van der Waals surface area contributed by atoms with Gasteiger partial charge in [0, 0.05) is 13.0 Å². The molecule has 1 N–H and O–H groups in total. The molecule has 5 nitrogen and oxygen atoms in total. The van der Waals surface area contributed by atoms with Crippen molar-refractivity contribution in [2.24, 2.45) is 0 Å². The summed E-state index contributed by atoms with van der Waals surface area (Å²) in [5, 5.41) is 2.90. The Hall–Kier alpha value is -2.41. The van der Waals surface area contributed by atoms with Crippen LogP contribution in [-0.4, -0.2) is 27.1 Å². The molecule has 2 aromatic rings. The van der Waals surface area contributed by atoms with E-state index in [0.29, 0.717) is 12.1 Å². The third kappa shape index (κ3) is 5.84. The number of nitrogens with zero attached hydrogens (tertiary/aromatic N) is 1. The first-order valence-corrected chi connectivity index (χ1v) is 10.2. The highest BCUT2D eigenvalue weighted by atomic mass is 32.2. The van der Waals surface area contributed by atoms with Crippen molar-refractivity contribution in [1.29, 1.82) is 0 Å². The number of nitrogens with one attached hydrogen (secondary N) is 1. The maximum atomic E-state index is 13.0. The summed E-state index contributed by atoms with van der Waals surface area (Å²) >= 11 is 0. The molecule has 0 saturated carbocycles. The van der Waals surface area contributed by atoms with Gasteiger partial charge in [-0.25, -0.2) is 12.8 Å². The first kappa shape index (κ1) is 19.9. The molecule has 0 bridgehead atoms. The van der Waals surface area contributed by atoms with Gasteiger partial charge in [-0.15, -0.1) is 0 Å². The van der Waals surface area contributed by atoms with Crippen molar-refractivity contribution in [2.45, 2.75) is 25.8 Å². The van der Waals surface area contributed by atoms with E-state index >= 15 is 0 Å². The largest absolute Gasteiger partial charge is 0.350 e. The van der Waals surface area contributed by atoms with Crippen LogP contribution in [0.4, 0.5) is 10.1 Å². The summed E-state index contributed by atoms with van der Waals surface area (Å²) in [4.78, 5) is 12.1. The summed E-state index contributed by atoms with van der Waals surface area (Å²) in [5.74, 6) is -0.578. The van der Waals surface area contributed by atoms with Crippen LogP contribution < -0.4 is 9.62 Å². The van der Waals surface area contributed by atoms with Crippen LogP contribution in [-0.2, 0) is 14.8 Å². The van der Waals surface area contributed by atoms with E-state index in [9.17, 15) is 17.6 Å². The fourth-order valence-corrected chi connectivity index (χ4v) is 3.58. The Morgan fingerprint density at radius 3 is 2.31 bits per heavy atom. The van der Waals surface area contributed by atoms with Gasteiger partial charge >= 0.3 is 0 Å². The van der Waals surface area contributed by atoms with Gasteiger partial charge in [-0.3, -0.25) is 9.10 Å². The van der Waals surface area contributed by atoms with Crippen molar-refractivity contribution in [2.75, 3.05) is 17.1 Å². The van der Waals surface area contributed by atoms with E-state index < -0.39 is 15.8 Å². The van der Waals surface area contributed by atoms with Crippen LogP contribution in [0.1, 0.15) is 31.4 Å². The highest BCUT2D eigenvalue weighted by Gasteiger charge is 2.18. The second-order valence-corrected chi connectivity index (χ2v) is 8.02. The molecule has 1 atom stereocenters. The molecule has 0 aliphatic carbocycles. The number of benzene rings is 2. The van der Waals surface area contributed by atoms with E-state index in [0.717, 1.165) is 11.8 Å². The average Bonchev–Trinajstić information content (AvgIpc) is 2.59. The minimum Gasteiger partial charge on any atom is -0.350 e. The van der Waals surface area contributed by atoms with Gasteiger partial charge in [0.25, 0.3) is 0 Å². The number of hydrogen-bond donors (Lipinski definition) is 1. The smallest absolute Gasteiger partial charge is 0.232 e. The molecule has 1 unspecified atom stereocenters. The predicted octanol–water partition coefficient (Wildman–Crippen LogP) is 3.25. The van der Waals surface area contributed by atoms with Crippen LogP contribution >= 0.6 is 0 Å². The molecule has 0 spiro atoms. The van der Waals surface area contributed by atoms with E-state index in [2.05, 4.69) is 5.32 Å². The zero-order chi connectivity index (χ0) is 19.2. The zero-order valence-electron chi connectivity index (χ0n) is 14.9. The van der Waals surface area contributed by atoms with Gasteiger partial charge in [0.15, 0.2) is 0 Å². The second-order valence-electron chi connectivity index (χ2n) is 6.11. The molecular weight excluding hydrogens is 355 g/mol. The second kappa shape index (κ2) is 8.80. The maximum Gasteiger partial charge on any atom is 0.232 e. The maximum absolute atomic E-state index is 13.0. The number of hydrogen-bond acceptors (Lipinski definition) is 3. The van der Waals surface area contributed by atoms with Crippen molar-refractivity contribution in [1.82, 2.24) is 5.32 Å². The molecule has 0 radical (unpaired) electrons. The predicted molar refractivity (Wildman–Crippen MR) is 101 cm³/mol. The molecule has 0 aliphatic rings. The SMILES string of the molecule is CC(NC(=O)CCCN(c1ccc(F)cc1)S(C)(=O)=O)c1ccccc1. The normalized spacial score (nSPS) is 12.4. The molecule has 7 heteroatoms. The summed E-state index contributed by atoms with van der Waals surface area (Å²) in [5.41, 5.74) is 1.39. The number of carbonyl (C=O) groups is 1.